The number of hydrogen-bond donors (Lipinski definition) is 1. The van der Waals surface area contributed by atoms with Crippen LogP contribution >= 0.6 is 0 Å². The summed E-state index contributed by atoms with van der Waals surface area (Å²) in [5.41, 5.74) is 1.18. The van der Waals surface area contributed by atoms with Crippen molar-refractivity contribution in [2.24, 2.45) is 0 Å². The molecule has 1 aromatic carbocycles. The molecule has 1 N–H and O–H groups in total. The molecule has 1 aliphatic heterocycles. The first-order valence-electron chi connectivity index (χ1n) is 5.44. The fourth-order valence-corrected chi connectivity index (χ4v) is 1.64. The van der Waals surface area contributed by atoms with E-state index in [0.29, 0.717) is 19.9 Å². The third-order valence-electron chi connectivity index (χ3n) is 2.52. The summed E-state index contributed by atoms with van der Waals surface area (Å²) in [5, 5.41) is 3.16. The normalized spacial score (nSPS) is 19.9. The number of nitrogens with one attached hydrogen (secondary N) is 1. The Hall–Kier alpha value is -1.10. The van der Waals surface area contributed by atoms with Crippen LogP contribution in [0.25, 0.3) is 0 Å². The van der Waals surface area contributed by atoms with Gasteiger partial charge < -0.3 is 14.2 Å². The van der Waals surface area contributed by atoms with E-state index in [1.165, 1.54) is 5.56 Å². The Morgan fingerprint density at radius 1 is 1.31 bits per heavy atom. The quantitative estimate of drug-likeness (QED) is 0.764. The lowest BCUT2D eigenvalue weighted by molar-refractivity contribution is 0.114. The topological polar surface area (TPSA) is 39.7 Å². The van der Waals surface area contributed by atoms with E-state index in [-0.39, 0.29) is 6.10 Å². The van der Waals surface area contributed by atoms with Gasteiger partial charge in [-0.3, -0.25) is 5.32 Å². The molecule has 4 nitrogen and oxygen atoms in total. The lowest BCUT2D eigenvalue weighted by Gasteiger charge is -2.10. The summed E-state index contributed by atoms with van der Waals surface area (Å²) < 4.78 is 15.9. The maximum Gasteiger partial charge on any atom is 0.119 e. The molecule has 1 heterocycles. The second-order valence-corrected chi connectivity index (χ2v) is 3.66. The third-order valence-corrected chi connectivity index (χ3v) is 2.52. The Labute approximate surface area is 95.5 Å². The van der Waals surface area contributed by atoms with Crippen LogP contribution in [0.3, 0.4) is 0 Å². The molecule has 1 saturated heterocycles. The van der Waals surface area contributed by atoms with E-state index in [2.05, 4.69) is 5.32 Å². The maximum atomic E-state index is 5.51. The molecule has 2 rings (SSSR count). The molecule has 0 radical (unpaired) electrons. The van der Waals surface area contributed by atoms with Crippen molar-refractivity contribution in [1.29, 1.82) is 0 Å². The van der Waals surface area contributed by atoms with Gasteiger partial charge >= 0.3 is 0 Å². The number of benzene rings is 1. The van der Waals surface area contributed by atoms with Gasteiger partial charge in [0.05, 0.1) is 19.4 Å². The molecule has 1 aliphatic rings. The Kier molecular flexibility index (Phi) is 4.16. The lowest BCUT2D eigenvalue weighted by atomic mass is 10.1. The highest BCUT2D eigenvalue weighted by Crippen LogP contribution is 2.22. The summed E-state index contributed by atoms with van der Waals surface area (Å²) in [7, 11) is 1.66. The fraction of sp³-hybridized carbons (Fsp3) is 0.500. The molecular weight excluding hydrogens is 206 g/mol. The molecule has 1 fully saturated rings. The number of methoxy groups -OCH3 is 1. The largest absolute Gasteiger partial charge is 0.491 e. The first kappa shape index (κ1) is 11.4. The van der Waals surface area contributed by atoms with Gasteiger partial charge in [-0.25, -0.2) is 0 Å². The first-order chi connectivity index (χ1) is 7.90. The van der Waals surface area contributed by atoms with E-state index in [1.807, 2.05) is 24.3 Å². The summed E-state index contributed by atoms with van der Waals surface area (Å²) in [6.45, 7) is 2.70. The van der Waals surface area contributed by atoms with Gasteiger partial charge in [0.2, 0.25) is 0 Å². The van der Waals surface area contributed by atoms with Crippen LogP contribution in [0, 0.1) is 0 Å². The predicted molar refractivity (Wildman–Crippen MR) is 60.5 cm³/mol. The van der Waals surface area contributed by atoms with E-state index in [1.54, 1.807) is 7.11 Å². The van der Waals surface area contributed by atoms with Crippen molar-refractivity contribution in [1.82, 2.24) is 5.32 Å². The minimum atomic E-state index is 0.174. The van der Waals surface area contributed by atoms with Crippen LogP contribution in [0.4, 0.5) is 0 Å². The van der Waals surface area contributed by atoms with Gasteiger partial charge in [-0.1, -0.05) is 12.1 Å². The first-order valence-corrected chi connectivity index (χ1v) is 5.44. The molecular formula is C12H17NO3. The SMILES string of the molecule is COCCOc1ccc(C2CNCO2)cc1. The average Bonchev–Trinajstić information content (AvgIpc) is 2.84. The number of ether oxygens (including phenoxy) is 3. The Morgan fingerprint density at radius 2 is 2.12 bits per heavy atom. The van der Waals surface area contributed by atoms with E-state index < -0.39 is 0 Å². The highest BCUT2D eigenvalue weighted by atomic mass is 16.5. The molecule has 0 aliphatic carbocycles. The van der Waals surface area contributed by atoms with E-state index in [9.17, 15) is 0 Å². The molecule has 0 amide bonds. The smallest absolute Gasteiger partial charge is 0.119 e. The molecule has 1 atom stereocenters. The standard InChI is InChI=1S/C12H17NO3/c1-14-6-7-15-11-4-2-10(3-5-11)12-8-13-9-16-12/h2-5,12-13H,6-9H2,1H3. The van der Waals surface area contributed by atoms with Crippen LogP contribution in [-0.4, -0.2) is 33.6 Å². The van der Waals surface area contributed by atoms with Gasteiger partial charge in [-0.2, -0.15) is 0 Å². The van der Waals surface area contributed by atoms with Crippen molar-refractivity contribution in [3.05, 3.63) is 29.8 Å². The monoisotopic (exact) mass is 223 g/mol. The van der Waals surface area contributed by atoms with E-state index in [0.717, 1.165) is 12.3 Å². The van der Waals surface area contributed by atoms with E-state index >= 15 is 0 Å². The molecule has 16 heavy (non-hydrogen) atoms. The zero-order valence-corrected chi connectivity index (χ0v) is 9.44. The average molecular weight is 223 g/mol. The van der Waals surface area contributed by atoms with Gasteiger partial charge in [-0.05, 0) is 17.7 Å². The third kappa shape index (κ3) is 2.95. The van der Waals surface area contributed by atoms with Crippen molar-refractivity contribution in [2.75, 3.05) is 33.6 Å². The van der Waals surface area contributed by atoms with Crippen molar-refractivity contribution in [3.63, 3.8) is 0 Å². The highest BCUT2D eigenvalue weighted by Gasteiger charge is 2.16. The van der Waals surface area contributed by atoms with Crippen molar-refractivity contribution < 1.29 is 14.2 Å². The van der Waals surface area contributed by atoms with Crippen LogP contribution in [-0.2, 0) is 9.47 Å². The van der Waals surface area contributed by atoms with Gasteiger partial charge in [0.15, 0.2) is 0 Å². The van der Waals surface area contributed by atoms with Gasteiger partial charge in [-0.15, -0.1) is 0 Å². The highest BCUT2D eigenvalue weighted by molar-refractivity contribution is 5.29. The zero-order chi connectivity index (χ0) is 11.2. The molecule has 4 heteroatoms. The number of hydrogen-bond acceptors (Lipinski definition) is 4. The van der Waals surface area contributed by atoms with E-state index in [4.69, 9.17) is 14.2 Å². The second kappa shape index (κ2) is 5.84. The Morgan fingerprint density at radius 3 is 2.75 bits per heavy atom. The van der Waals surface area contributed by atoms with Gasteiger partial charge in [0.1, 0.15) is 12.4 Å². The van der Waals surface area contributed by atoms with Crippen molar-refractivity contribution in [2.45, 2.75) is 6.10 Å². The van der Waals surface area contributed by atoms with Crippen LogP contribution in [0.2, 0.25) is 0 Å². The molecule has 1 aromatic rings. The maximum absolute atomic E-state index is 5.51. The minimum absolute atomic E-state index is 0.174. The Bertz CT molecular complexity index is 307. The summed E-state index contributed by atoms with van der Waals surface area (Å²) in [5.74, 6) is 0.867. The molecule has 0 saturated carbocycles. The lowest BCUT2D eigenvalue weighted by Crippen LogP contribution is -2.08. The van der Waals surface area contributed by atoms with Crippen LogP contribution in [0.5, 0.6) is 5.75 Å². The second-order valence-electron chi connectivity index (χ2n) is 3.66. The molecule has 0 aromatic heterocycles. The predicted octanol–water partition coefficient (Wildman–Crippen LogP) is 1.33. The van der Waals surface area contributed by atoms with Crippen LogP contribution in [0.1, 0.15) is 11.7 Å². The Balaban J connectivity index is 1.88. The van der Waals surface area contributed by atoms with Crippen molar-refractivity contribution in [3.8, 4) is 5.75 Å². The van der Waals surface area contributed by atoms with Gasteiger partial charge in [0.25, 0.3) is 0 Å². The number of rotatable bonds is 5. The fourth-order valence-electron chi connectivity index (χ4n) is 1.64. The summed E-state index contributed by atoms with van der Waals surface area (Å²) in [6, 6.07) is 8.01. The van der Waals surface area contributed by atoms with Crippen LogP contribution in [0.15, 0.2) is 24.3 Å². The molecule has 88 valence electrons. The molecule has 1 unspecified atom stereocenters. The molecule has 0 bridgehead atoms. The van der Waals surface area contributed by atoms with Gasteiger partial charge in [0, 0.05) is 13.7 Å². The summed E-state index contributed by atoms with van der Waals surface area (Å²) in [6.07, 6.45) is 0.174. The summed E-state index contributed by atoms with van der Waals surface area (Å²) >= 11 is 0. The molecule has 0 spiro atoms. The zero-order valence-electron chi connectivity index (χ0n) is 9.44. The minimum Gasteiger partial charge on any atom is -0.491 e. The van der Waals surface area contributed by atoms with Crippen molar-refractivity contribution >= 4 is 0 Å². The van der Waals surface area contributed by atoms with Crippen LogP contribution < -0.4 is 10.1 Å². The summed E-state index contributed by atoms with van der Waals surface area (Å²) in [4.78, 5) is 0.